The molecule has 0 fully saturated rings. The van der Waals surface area contributed by atoms with Crippen LogP contribution in [0.25, 0.3) is 67.5 Å². The third-order valence-corrected chi connectivity index (χ3v) is 18.4. The molecule has 0 atom stereocenters. The van der Waals surface area contributed by atoms with Crippen LogP contribution in [0.15, 0.2) is 219 Å². The Morgan fingerprint density at radius 3 is 0.771 bits per heavy atom. The van der Waals surface area contributed by atoms with Gasteiger partial charge in [-0.25, -0.2) is 27.4 Å². The molecule has 6 nitrogen and oxygen atoms in total. The molecular weight excluding hydrogens is 1170 g/mol. The maximum absolute atomic E-state index is 7.56. The molecule has 0 unspecified atom stereocenters. The zero-order valence-electron chi connectivity index (χ0n) is 67.5. The Morgan fingerprint density at radius 1 is 0.208 bits per heavy atom. The molecule has 0 aliphatic rings. The van der Waals surface area contributed by atoms with E-state index in [1.165, 1.54) is 112 Å². The maximum Gasteiger partial charge on any atom is 0.212 e. The van der Waals surface area contributed by atoms with Gasteiger partial charge in [-0.15, -0.1) is 0 Å². The second kappa shape index (κ2) is 33.6. The molecule has 492 valence electrons. The third kappa shape index (κ3) is 18.4. The first kappa shape index (κ1) is 64.9. The summed E-state index contributed by atoms with van der Waals surface area (Å²) in [5, 5.41) is 0. The fraction of sp³-hybridized carbons (Fsp3) is 0.267. The Morgan fingerprint density at radius 2 is 0.469 bits per heavy atom. The van der Waals surface area contributed by atoms with Gasteiger partial charge in [0.15, 0.2) is 37.2 Å². The van der Waals surface area contributed by atoms with E-state index in [4.69, 9.17) is 8.22 Å². The van der Waals surface area contributed by atoms with Crippen molar-refractivity contribution in [2.75, 3.05) is 0 Å². The molecule has 0 aliphatic heterocycles. The Balaban J connectivity index is 0.000000172. The molecule has 0 amide bonds. The summed E-state index contributed by atoms with van der Waals surface area (Å²) in [6.07, 6.45) is 12.3. The number of hydrogen-bond donors (Lipinski definition) is 0. The number of aryl methyl sites for hydroxylation is 22. The quantitative estimate of drug-likeness (QED) is 0.148. The third-order valence-electron chi connectivity index (χ3n) is 18.4. The number of aromatic nitrogens is 6. The minimum Gasteiger partial charge on any atom is -0.201 e. The highest BCUT2D eigenvalue weighted by molar-refractivity contribution is 5.70. The van der Waals surface area contributed by atoms with Crippen molar-refractivity contribution in [3.63, 3.8) is 0 Å². The summed E-state index contributed by atoms with van der Waals surface area (Å²) < 4.78 is 58.0. The van der Waals surface area contributed by atoms with Crippen LogP contribution in [0.1, 0.15) is 108 Å². The molecule has 6 aromatic carbocycles. The number of pyridine rings is 6. The number of benzene rings is 6. The van der Waals surface area contributed by atoms with Crippen molar-refractivity contribution in [1.82, 2.24) is 0 Å². The van der Waals surface area contributed by atoms with E-state index in [1.54, 1.807) is 18.2 Å². The van der Waals surface area contributed by atoms with Crippen LogP contribution in [-0.2, 0) is 42.3 Å². The van der Waals surface area contributed by atoms with Crippen LogP contribution in [-0.4, -0.2) is 0 Å². The van der Waals surface area contributed by atoms with Gasteiger partial charge in [0.1, 0.15) is 42.3 Å². The maximum atomic E-state index is 7.56. The lowest BCUT2D eigenvalue weighted by molar-refractivity contribution is -0.660. The summed E-state index contributed by atoms with van der Waals surface area (Å²) in [4.78, 5) is 0. The van der Waals surface area contributed by atoms with Gasteiger partial charge in [-0.05, 0) is 262 Å². The highest BCUT2D eigenvalue weighted by atomic mass is 14.9. The molecule has 12 rings (SSSR count). The second-order valence-corrected chi connectivity index (χ2v) is 26.1. The number of rotatable bonds is 6. The van der Waals surface area contributed by atoms with Crippen molar-refractivity contribution >= 4 is 0 Å². The van der Waals surface area contributed by atoms with Gasteiger partial charge in [-0.1, -0.05) is 71.8 Å². The molecule has 0 saturated carbocycles. The second-order valence-electron chi connectivity index (χ2n) is 26.1. The van der Waals surface area contributed by atoms with E-state index < -0.39 is 13.7 Å². The van der Waals surface area contributed by atoms with Gasteiger partial charge in [0, 0.05) is 92.1 Å². The summed E-state index contributed by atoms with van der Waals surface area (Å²) in [5.74, 6) is 0. The monoisotopic (exact) mass is 1280 g/mol. The van der Waals surface area contributed by atoms with Gasteiger partial charge in [0.05, 0.1) is 22.3 Å². The minimum atomic E-state index is -2.05. The Bertz CT molecular complexity index is 4800. The van der Waals surface area contributed by atoms with E-state index in [0.717, 1.165) is 44.8 Å². The smallest absolute Gasteiger partial charge is 0.201 e. The molecular formula is C90H108N6+6. The molecule has 0 bridgehead atoms. The van der Waals surface area contributed by atoms with E-state index in [0.29, 0.717) is 11.1 Å². The molecule has 12 aromatic rings. The van der Waals surface area contributed by atoms with Gasteiger partial charge in [-0.2, -0.15) is 0 Å². The lowest BCUT2D eigenvalue weighted by atomic mass is 9.95. The average Bonchev–Trinajstić information content (AvgIpc) is 0.797. The van der Waals surface area contributed by atoms with Crippen molar-refractivity contribution in [3.8, 4) is 67.5 Å². The summed E-state index contributed by atoms with van der Waals surface area (Å²) in [7, 11) is 12.3. The summed E-state index contributed by atoms with van der Waals surface area (Å²) in [6.45, 7) is 29.7. The summed E-state index contributed by atoms with van der Waals surface area (Å²) in [6, 6.07) is 62.4. The predicted octanol–water partition coefficient (Wildman–Crippen LogP) is 18.6. The number of nitrogens with zero attached hydrogens (tertiary/aromatic N) is 6. The van der Waals surface area contributed by atoms with Crippen molar-refractivity contribution in [1.29, 1.82) is 0 Å². The lowest BCUT2D eigenvalue weighted by Gasteiger charge is -2.10. The molecule has 0 N–H and O–H groups in total. The van der Waals surface area contributed by atoms with Crippen molar-refractivity contribution < 1.29 is 35.6 Å². The zero-order valence-corrected chi connectivity index (χ0v) is 61.5. The Labute approximate surface area is 586 Å². The molecule has 6 heteroatoms. The van der Waals surface area contributed by atoms with Crippen LogP contribution in [0.4, 0.5) is 0 Å². The van der Waals surface area contributed by atoms with Crippen LogP contribution in [0.5, 0.6) is 0 Å². The van der Waals surface area contributed by atoms with E-state index >= 15 is 0 Å². The highest BCUT2D eigenvalue weighted by Crippen LogP contribution is 2.31. The van der Waals surface area contributed by atoms with E-state index in [1.807, 2.05) is 106 Å². The predicted molar refractivity (Wildman–Crippen MR) is 404 cm³/mol. The SMILES string of the molecule is Cc1cc(C)c(-c2cccc[n+]2C)c(C)c1.Cc1cc(C)c(-c2cccc[n+]2C)cc1C.Cc1ccc(C)c(-c2cccc[n+]2C)c1C.Cc1ccc(C)c(-c2cccc[n+]2C)c1C.[2H]C([2H])([2H])c1cc(C)c(-c2cccc[n+]2C)c(C)c1.[2H]C([2H])([2H])c1cc(C)c(-c2cccc[n+]2C)cc1C. The van der Waals surface area contributed by atoms with E-state index in [9.17, 15) is 0 Å². The van der Waals surface area contributed by atoms with Gasteiger partial charge in [0.2, 0.25) is 34.2 Å². The Kier molecular flexibility index (Phi) is 22.7. The van der Waals surface area contributed by atoms with Crippen LogP contribution in [0.2, 0.25) is 0 Å². The fourth-order valence-electron chi connectivity index (χ4n) is 12.7. The van der Waals surface area contributed by atoms with E-state index in [2.05, 4.69) is 276 Å². The van der Waals surface area contributed by atoms with Gasteiger partial charge in [-0.3, -0.25) is 0 Å². The molecule has 0 spiro atoms. The summed E-state index contributed by atoms with van der Waals surface area (Å²) in [5.41, 5.74) is 35.7. The Hall–Kier alpha value is -9.78. The molecule has 6 aromatic heterocycles. The van der Waals surface area contributed by atoms with Crippen molar-refractivity contribution in [3.05, 3.63) is 319 Å². The molecule has 96 heavy (non-hydrogen) atoms. The van der Waals surface area contributed by atoms with Crippen LogP contribution >= 0.6 is 0 Å². The van der Waals surface area contributed by atoms with Crippen LogP contribution in [0, 0.1) is 124 Å². The lowest BCUT2D eigenvalue weighted by Crippen LogP contribution is -2.30. The first-order valence-electron chi connectivity index (χ1n) is 36.2. The normalized spacial score (nSPS) is 11.7. The first-order valence-corrected chi connectivity index (χ1v) is 33.2. The standard InChI is InChI=1S/6C15H18N/c2*1-11-8-9-12(2)15(13(11)3)14-7-5-6-10-16(14)4;2*1-11-9-13(3)14(10-12(11)2)15-7-5-6-8-16(15)4;2*1-11-9-12(2)15(13(3)10-11)14-7-5-6-8-16(14)4/h6*5-10H,1-4H3/q6*+1/i;;1D3;;1D3;. The van der Waals surface area contributed by atoms with Crippen LogP contribution in [0.3, 0.4) is 0 Å². The van der Waals surface area contributed by atoms with E-state index in [-0.39, 0.29) is 0 Å². The van der Waals surface area contributed by atoms with Crippen LogP contribution < -0.4 is 27.4 Å². The summed E-state index contributed by atoms with van der Waals surface area (Å²) >= 11 is 0. The molecule has 0 radical (unpaired) electrons. The zero-order chi connectivity index (χ0) is 75.2. The first-order chi connectivity index (χ1) is 48.0. The van der Waals surface area contributed by atoms with Gasteiger partial charge < -0.3 is 0 Å². The van der Waals surface area contributed by atoms with Gasteiger partial charge in [0.25, 0.3) is 0 Å². The fourth-order valence-corrected chi connectivity index (χ4v) is 12.7. The number of hydrogen-bond acceptors (Lipinski definition) is 0. The van der Waals surface area contributed by atoms with Crippen molar-refractivity contribution in [2.45, 2.75) is 124 Å². The largest absolute Gasteiger partial charge is 0.212 e. The topological polar surface area (TPSA) is 23.3 Å². The highest BCUT2D eigenvalue weighted by Gasteiger charge is 2.20. The molecule has 0 aliphatic carbocycles. The minimum absolute atomic E-state index is 0.407. The van der Waals surface area contributed by atoms with Crippen molar-refractivity contribution in [2.24, 2.45) is 42.3 Å². The molecule has 6 heterocycles. The van der Waals surface area contributed by atoms with Gasteiger partial charge >= 0.3 is 0 Å². The molecule has 0 saturated heterocycles. The average molecular weight is 1280 g/mol.